The van der Waals surface area contributed by atoms with Crippen molar-refractivity contribution in [3.8, 4) is 0 Å². The summed E-state index contributed by atoms with van der Waals surface area (Å²) >= 11 is 0. The van der Waals surface area contributed by atoms with Gasteiger partial charge in [0.05, 0.1) is 18.8 Å². The molecule has 0 amide bonds. The molecule has 106 valence electrons. The Morgan fingerprint density at radius 2 is 2.11 bits per heavy atom. The Labute approximate surface area is 117 Å². The first-order valence-corrected chi connectivity index (χ1v) is 5.98. The van der Waals surface area contributed by atoms with Crippen molar-refractivity contribution in [3.63, 3.8) is 0 Å². The van der Waals surface area contributed by atoms with Crippen LogP contribution in [0.25, 0.3) is 0 Å². The molecule has 1 aliphatic rings. The van der Waals surface area contributed by atoms with Gasteiger partial charge in [-0.1, -0.05) is 6.07 Å². The Hall–Kier alpha value is -1.17. The third-order valence-corrected chi connectivity index (χ3v) is 2.80. The highest BCUT2D eigenvalue weighted by atomic mass is 35.5. The van der Waals surface area contributed by atoms with Crippen LogP contribution in [0.5, 0.6) is 0 Å². The van der Waals surface area contributed by atoms with Crippen molar-refractivity contribution in [2.75, 3.05) is 39.5 Å². The summed E-state index contributed by atoms with van der Waals surface area (Å²) in [6.45, 7) is 4.16. The summed E-state index contributed by atoms with van der Waals surface area (Å²) in [6.07, 6.45) is 0. The van der Waals surface area contributed by atoms with Gasteiger partial charge in [-0.2, -0.15) is 0 Å². The fraction of sp³-hybridized carbons (Fsp3) is 0.462. The molecule has 1 aromatic carbocycles. The lowest BCUT2D eigenvalue weighted by Crippen LogP contribution is -2.38. The number of rotatable bonds is 4. The number of carbonyl (C=O) groups is 1. The molecule has 1 aromatic rings. The maximum Gasteiger partial charge on any atom is 0.338 e. The highest BCUT2D eigenvalue weighted by Gasteiger charge is 2.12. The summed E-state index contributed by atoms with van der Waals surface area (Å²) in [7, 11) is 0. The Balaban J connectivity index is 0.00000180. The second-order valence-electron chi connectivity index (χ2n) is 4.10. The fourth-order valence-corrected chi connectivity index (χ4v) is 1.79. The molecule has 4 nitrogen and oxygen atoms in total. The van der Waals surface area contributed by atoms with Gasteiger partial charge in [0, 0.05) is 19.6 Å². The van der Waals surface area contributed by atoms with E-state index in [0.717, 1.165) is 26.3 Å². The average Bonchev–Trinajstić information content (AvgIpc) is 2.40. The van der Waals surface area contributed by atoms with Gasteiger partial charge in [0.2, 0.25) is 0 Å². The van der Waals surface area contributed by atoms with E-state index >= 15 is 0 Å². The minimum atomic E-state index is -0.484. The van der Waals surface area contributed by atoms with Gasteiger partial charge in [0.1, 0.15) is 12.4 Å². The largest absolute Gasteiger partial charge is 0.461 e. The van der Waals surface area contributed by atoms with Crippen LogP contribution in [0.3, 0.4) is 0 Å². The summed E-state index contributed by atoms with van der Waals surface area (Å²) in [4.78, 5) is 13.8. The Kier molecular flexibility index (Phi) is 6.77. The zero-order valence-corrected chi connectivity index (χ0v) is 11.3. The van der Waals surface area contributed by atoms with Crippen molar-refractivity contribution in [2.45, 2.75) is 0 Å². The standard InChI is InChI=1S/C13H16FNO3.ClH/c14-12-3-1-2-11(10-12)13(16)18-9-6-15-4-7-17-8-5-15;/h1-3,10H,4-9H2;1H. The Morgan fingerprint density at radius 3 is 2.79 bits per heavy atom. The van der Waals surface area contributed by atoms with Crippen LogP contribution in [-0.4, -0.2) is 50.3 Å². The minimum absolute atomic E-state index is 0. The number of benzene rings is 1. The van der Waals surface area contributed by atoms with Crippen molar-refractivity contribution in [1.82, 2.24) is 4.90 Å². The van der Waals surface area contributed by atoms with Crippen LogP contribution in [-0.2, 0) is 9.47 Å². The third-order valence-electron chi connectivity index (χ3n) is 2.80. The molecule has 0 spiro atoms. The summed E-state index contributed by atoms with van der Waals surface area (Å²) < 4.78 is 23.2. The molecular formula is C13H17ClFNO3. The number of hydrogen-bond acceptors (Lipinski definition) is 4. The highest BCUT2D eigenvalue weighted by Crippen LogP contribution is 2.05. The van der Waals surface area contributed by atoms with Crippen molar-refractivity contribution in [1.29, 1.82) is 0 Å². The molecule has 1 aliphatic heterocycles. The van der Waals surface area contributed by atoms with Gasteiger partial charge in [-0.3, -0.25) is 4.90 Å². The van der Waals surface area contributed by atoms with Crippen molar-refractivity contribution in [3.05, 3.63) is 35.6 Å². The fourth-order valence-electron chi connectivity index (χ4n) is 1.79. The molecule has 0 unspecified atom stereocenters. The SMILES string of the molecule is Cl.O=C(OCCN1CCOCC1)c1cccc(F)c1. The number of nitrogens with zero attached hydrogens (tertiary/aromatic N) is 1. The monoisotopic (exact) mass is 289 g/mol. The highest BCUT2D eigenvalue weighted by molar-refractivity contribution is 5.89. The maximum absolute atomic E-state index is 12.9. The smallest absolute Gasteiger partial charge is 0.338 e. The van der Waals surface area contributed by atoms with E-state index in [0.29, 0.717) is 13.2 Å². The molecule has 0 aromatic heterocycles. The van der Waals surface area contributed by atoms with Crippen molar-refractivity contribution < 1.29 is 18.7 Å². The molecule has 6 heteroatoms. The van der Waals surface area contributed by atoms with E-state index in [-0.39, 0.29) is 18.0 Å². The van der Waals surface area contributed by atoms with E-state index in [1.54, 1.807) is 6.07 Å². The number of esters is 1. The summed E-state index contributed by atoms with van der Waals surface area (Å²) in [5.74, 6) is -0.916. The van der Waals surface area contributed by atoms with E-state index in [2.05, 4.69) is 4.90 Å². The molecule has 2 rings (SSSR count). The topological polar surface area (TPSA) is 38.8 Å². The summed E-state index contributed by atoms with van der Waals surface area (Å²) in [5.41, 5.74) is 0.247. The molecule has 0 aliphatic carbocycles. The van der Waals surface area contributed by atoms with Gasteiger partial charge < -0.3 is 9.47 Å². The van der Waals surface area contributed by atoms with E-state index in [4.69, 9.17) is 9.47 Å². The first-order valence-electron chi connectivity index (χ1n) is 5.98. The molecule has 1 heterocycles. The number of morpholine rings is 1. The Bertz CT molecular complexity index is 411. The van der Waals surface area contributed by atoms with Crippen LogP contribution in [0.15, 0.2) is 24.3 Å². The van der Waals surface area contributed by atoms with Crippen molar-refractivity contribution >= 4 is 18.4 Å². The predicted molar refractivity (Wildman–Crippen MR) is 71.2 cm³/mol. The van der Waals surface area contributed by atoms with Gasteiger partial charge >= 0.3 is 5.97 Å². The Morgan fingerprint density at radius 1 is 1.37 bits per heavy atom. The van der Waals surface area contributed by atoms with Crippen LogP contribution in [0, 0.1) is 5.82 Å². The van der Waals surface area contributed by atoms with Crippen LogP contribution in [0.1, 0.15) is 10.4 Å². The molecule has 1 saturated heterocycles. The number of hydrogen-bond donors (Lipinski definition) is 0. The van der Waals surface area contributed by atoms with Crippen molar-refractivity contribution in [2.24, 2.45) is 0 Å². The lowest BCUT2D eigenvalue weighted by molar-refractivity contribution is 0.0195. The molecular weight excluding hydrogens is 273 g/mol. The zero-order valence-electron chi connectivity index (χ0n) is 10.5. The van der Waals surface area contributed by atoms with E-state index in [1.807, 2.05) is 0 Å². The average molecular weight is 290 g/mol. The molecule has 0 N–H and O–H groups in total. The number of ether oxygens (including phenoxy) is 2. The second-order valence-corrected chi connectivity index (χ2v) is 4.10. The first-order chi connectivity index (χ1) is 8.75. The van der Waals surface area contributed by atoms with Gasteiger partial charge in [-0.05, 0) is 18.2 Å². The number of halogens is 2. The normalized spacial score (nSPS) is 15.6. The lowest BCUT2D eigenvalue weighted by Gasteiger charge is -2.26. The molecule has 19 heavy (non-hydrogen) atoms. The zero-order chi connectivity index (χ0) is 12.8. The predicted octanol–water partition coefficient (Wildman–Crippen LogP) is 1.74. The van der Waals surface area contributed by atoms with Gasteiger partial charge in [0.25, 0.3) is 0 Å². The molecule has 0 radical (unpaired) electrons. The quantitative estimate of drug-likeness (QED) is 0.792. The third kappa shape index (κ3) is 5.14. The summed E-state index contributed by atoms with van der Waals surface area (Å²) in [6, 6.07) is 5.51. The summed E-state index contributed by atoms with van der Waals surface area (Å²) in [5, 5.41) is 0. The van der Waals surface area contributed by atoms with E-state index in [1.165, 1.54) is 18.2 Å². The van der Waals surface area contributed by atoms with Gasteiger partial charge in [-0.25, -0.2) is 9.18 Å². The minimum Gasteiger partial charge on any atom is -0.461 e. The molecule has 0 saturated carbocycles. The number of carbonyl (C=O) groups excluding carboxylic acids is 1. The van der Waals surface area contributed by atoms with Crippen LogP contribution in [0.2, 0.25) is 0 Å². The molecule has 0 atom stereocenters. The van der Waals surface area contributed by atoms with Crippen LogP contribution < -0.4 is 0 Å². The van der Waals surface area contributed by atoms with E-state index in [9.17, 15) is 9.18 Å². The maximum atomic E-state index is 12.9. The van der Waals surface area contributed by atoms with Gasteiger partial charge in [0.15, 0.2) is 0 Å². The second kappa shape index (κ2) is 8.09. The van der Waals surface area contributed by atoms with Gasteiger partial charge in [-0.15, -0.1) is 12.4 Å². The van der Waals surface area contributed by atoms with Crippen LogP contribution in [0.4, 0.5) is 4.39 Å². The molecule has 0 bridgehead atoms. The van der Waals surface area contributed by atoms with Crippen LogP contribution >= 0.6 is 12.4 Å². The lowest BCUT2D eigenvalue weighted by atomic mass is 10.2. The first kappa shape index (κ1) is 15.9. The van der Waals surface area contributed by atoms with E-state index < -0.39 is 11.8 Å². The molecule has 1 fully saturated rings.